The molecule has 0 aromatic carbocycles. The average molecular weight is 348 g/mol. The van der Waals surface area contributed by atoms with Crippen molar-refractivity contribution in [3.05, 3.63) is 17.0 Å². The normalized spacial score (nSPS) is 22.3. The van der Waals surface area contributed by atoms with Gasteiger partial charge in [-0.1, -0.05) is 5.16 Å². The van der Waals surface area contributed by atoms with Crippen LogP contribution in [-0.4, -0.2) is 70.4 Å². The molecule has 2 fully saturated rings. The molecule has 2 aliphatic heterocycles. The summed E-state index contributed by atoms with van der Waals surface area (Å²) >= 11 is 0. The van der Waals surface area contributed by atoms with E-state index in [2.05, 4.69) is 10.1 Å². The summed E-state index contributed by atoms with van der Waals surface area (Å²) in [5.74, 6) is 0.928. The van der Waals surface area contributed by atoms with Crippen LogP contribution in [0.2, 0.25) is 0 Å². The van der Waals surface area contributed by atoms with E-state index in [9.17, 15) is 9.59 Å². The molecule has 0 saturated carbocycles. The predicted molar refractivity (Wildman–Crippen MR) is 92.8 cm³/mol. The summed E-state index contributed by atoms with van der Waals surface area (Å²) in [6.07, 6.45) is 0.357. The maximum Gasteiger partial charge on any atom is 0.228 e. The lowest BCUT2D eigenvalue weighted by atomic mass is 10.1. The van der Waals surface area contributed by atoms with E-state index in [0.29, 0.717) is 26.1 Å². The summed E-state index contributed by atoms with van der Waals surface area (Å²) in [4.78, 5) is 30.9. The molecule has 0 spiro atoms. The largest absolute Gasteiger partial charge is 0.361 e. The van der Waals surface area contributed by atoms with E-state index in [-0.39, 0.29) is 23.8 Å². The lowest BCUT2D eigenvalue weighted by Gasteiger charge is -2.35. The van der Waals surface area contributed by atoms with Crippen LogP contribution in [0.5, 0.6) is 0 Å². The van der Waals surface area contributed by atoms with Crippen LogP contribution in [0.1, 0.15) is 37.3 Å². The number of aromatic nitrogens is 1. The summed E-state index contributed by atoms with van der Waals surface area (Å²) < 4.78 is 5.23. The summed E-state index contributed by atoms with van der Waals surface area (Å²) in [6.45, 7) is 12.4. The molecule has 2 amide bonds. The highest BCUT2D eigenvalue weighted by molar-refractivity contribution is 5.89. The van der Waals surface area contributed by atoms with Gasteiger partial charge in [-0.05, 0) is 27.7 Å². The van der Waals surface area contributed by atoms with Crippen LogP contribution in [0.3, 0.4) is 0 Å². The van der Waals surface area contributed by atoms with E-state index >= 15 is 0 Å². The molecule has 1 aromatic heterocycles. The van der Waals surface area contributed by atoms with Crippen LogP contribution >= 0.6 is 0 Å². The van der Waals surface area contributed by atoms with E-state index in [1.54, 1.807) is 0 Å². The quantitative estimate of drug-likeness (QED) is 0.817. The van der Waals surface area contributed by atoms with Gasteiger partial charge in [-0.3, -0.25) is 14.5 Å². The molecule has 0 aliphatic carbocycles. The van der Waals surface area contributed by atoms with Crippen LogP contribution in [0.4, 0.5) is 0 Å². The molecule has 2 aliphatic rings. The Morgan fingerprint density at radius 2 is 1.92 bits per heavy atom. The zero-order valence-corrected chi connectivity index (χ0v) is 15.6. The van der Waals surface area contributed by atoms with Crippen molar-refractivity contribution in [2.75, 3.05) is 32.7 Å². The molecular weight excluding hydrogens is 320 g/mol. The highest BCUT2D eigenvalue weighted by Crippen LogP contribution is 2.23. The number of rotatable bonds is 4. The van der Waals surface area contributed by atoms with Crippen LogP contribution in [-0.2, 0) is 16.1 Å². The first-order chi connectivity index (χ1) is 11.9. The minimum atomic E-state index is -0.177. The molecular formula is C18H28N4O3. The average Bonchev–Trinajstić information content (AvgIpc) is 3.12. The van der Waals surface area contributed by atoms with E-state index < -0.39 is 0 Å². The Balaban J connectivity index is 1.52. The fourth-order valence-electron chi connectivity index (χ4n) is 3.73. The van der Waals surface area contributed by atoms with Crippen molar-refractivity contribution in [2.24, 2.45) is 5.92 Å². The molecule has 0 N–H and O–H groups in total. The lowest BCUT2D eigenvalue weighted by molar-refractivity contribution is -0.137. The second-order valence-corrected chi connectivity index (χ2v) is 7.45. The highest BCUT2D eigenvalue weighted by atomic mass is 16.5. The summed E-state index contributed by atoms with van der Waals surface area (Å²) in [7, 11) is 0. The number of aryl methyl sites for hydroxylation is 2. The Morgan fingerprint density at radius 1 is 1.24 bits per heavy atom. The van der Waals surface area contributed by atoms with Gasteiger partial charge in [0, 0.05) is 57.3 Å². The topological polar surface area (TPSA) is 69.9 Å². The number of hydrogen-bond acceptors (Lipinski definition) is 5. The Morgan fingerprint density at radius 3 is 2.44 bits per heavy atom. The SMILES string of the molecule is Cc1noc(C)c1CN1CCN(C(=O)C2CC(=O)N(C(C)C)C2)CC1. The molecule has 0 bridgehead atoms. The maximum atomic E-state index is 12.7. The smallest absolute Gasteiger partial charge is 0.228 e. The van der Waals surface area contributed by atoms with Crippen LogP contribution in [0, 0.1) is 19.8 Å². The molecule has 138 valence electrons. The second kappa shape index (κ2) is 7.15. The molecule has 1 aromatic rings. The fraction of sp³-hybridized carbons (Fsp3) is 0.722. The first kappa shape index (κ1) is 17.9. The van der Waals surface area contributed by atoms with Gasteiger partial charge in [-0.15, -0.1) is 0 Å². The van der Waals surface area contributed by atoms with Gasteiger partial charge in [0.25, 0.3) is 0 Å². The molecule has 1 unspecified atom stereocenters. The summed E-state index contributed by atoms with van der Waals surface area (Å²) in [6, 6.07) is 0.164. The van der Waals surface area contributed by atoms with Gasteiger partial charge >= 0.3 is 0 Å². The predicted octanol–water partition coefficient (Wildman–Crippen LogP) is 1.19. The fourth-order valence-corrected chi connectivity index (χ4v) is 3.73. The summed E-state index contributed by atoms with van der Waals surface area (Å²) in [5.41, 5.74) is 2.09. The van der Waals surface area contributed by atoms with Crippen molar-refractivity contribution in [3.8, 4) is 0 Å². The Kier molecular flexibility index (Phi) is 5.13. The molecule has 2 saturated heterocycles. The number of carbonyl (C=O) groups excluding carboxylic acids is 2. The van der Waals surface area contributed by atoms with Crippen molar-refractivity contribution in [3.63, 3.8) is 0 Å². The second-order valence-electron chi connectivity index (χ2n) is 7.45. The van der Waals surface area contributed by atoms with Crippen LogP contribution in [0.25, 0.3) is 0 Å². The first-order valence-electron chi connectivity index (χ1n) is 9.09. The number of piperazine rings is 1. The third kappa shape index (κ3) is 3.71. The molecule has 3 heterocycles. The number of hydrogen-bond donors (Lipinski definition) is 0. The number of nitrogens with zero attached hydrogens (tertiary/aromatic N) is 4. The van der Waals surface area contributed by atoms with Gasteiger partial charge in [0.05, 0.1) is 11.6 Å². The van der Waals surface area contributed by atoms with Crippen molar-refractivity contribution >= 4 is 11.8 Å². The van der Waals surface area contributed by atoms with Gasteiger partial charge < -0.3 is 14.3 Å². The van der Waals surface area contributed by atoms with Gasteiger partial charge in [0.1, 0.15) is 5.76 Å². The van der Waals surface area contributed by atoms with E-state index in [0.717, 1.165) is 36.7 Å². The molecule has 7 heteroatoms. The van der Waals surface area contributed by atoms with Crippen molar-refractivity contribution in [1.29, 1.82) is 0 Å². The lowest BCUT2D eigenvalue weighted by Crippen LogP contribution is -2.50. The minimum absolute atomic E-state index is 0.102. The molecule has 25 heavy (non-hydrogen) atoms. The highest BCUT2D eigenvalue weighted by Gasteiger charge is 2.38. The molecule has 1 atom stereocenters. The van der Waals surface area contributed by atoms with E-state index in [1.807, 2.05) is 37.5 Å². The van der Waals surface area contributed by atoms with E-state index in [1.165, 1.54) is 0 Å². The van der Waals surface area contributed by atoms with Gasteiger partial charge in [0.2, 0.25) is 11.8 Å². The summed E-state index contributed by atoms with van der Waals surface area (Å²) in [5, 5.41) is 4.00. The zero-order valence-electron chi connectivity index (χ0n) is 15.6. The number of amides is 2. The first-order valence-corrected chi connectivity index (χ1v) is 9.09. The van der Waals surface area contributed by atoms with Crippen LogP contribution < -0.4 is 0 Å². The zero-order chi connectivity index (χ0) is 18.1. The maximum absolute atomic E-state index is 12.7. The molecule has 7 nitrogen and oxygen atoms in total. The third-order valence-electron chi connectivity index (χ3n) is 5.38. The van der Waals surface area contributed by atoms with Crippen molar-refractivity contribution in [1.82, 2.24) is 19.9 Å². The van der Waals surface area contributed by atoms with Gasteiger partial charge in [0.15, 0.2) is 0 Å². The third-order valence-corrected chi connectivity index (χ3v) is 5.38. The standard InChI is InChI=1S/C18H28N4O3/c1-12(2)22-10-15(9-17(22)23)18(24)21-7-5-20(6-8-21)11-16-13(3)19-25-14(16)4/h12,15H,5-11H2,1-4H3. The van der Waals surface area contributed by atoms with Crippen molar-refractivity contribution < 1.29 is 14.1 Å². The monoisotopic (exact) mass is 348 g/mol. The van der Waals surface area contributed by atoms with Crippen LogP contribution in [0.15, 0.2) is 4.52 Å². The number of carbonyl (C=O) groups is 2. The van der Waals surface area contributed by atoms with E-state index in [4.69, 9.17) is 4.52 Å². The van der Waals surface area contributed by atoms with Gasteiger partial charge in [-0.25, -0.2) is 0 Å². The Bertz CT molecular complexity index is 627. The molecule has 0 radical (unpaired) electrons. The Labute approximate surface area is 148 Å². The molecule has 3 rings (SSSR count). The number of likely N-dealkylation sites (tertiary alicyclic amines) is 1. The van der Waals surface area contributed by atoms with Crippen molar-refractivity contribution in [2.45, 2.75) is 46.7 Å². The van der Waals surface area contributed by atoms with Gasteiger partial charge in [-0.2, -0.15) is 0 Å². The minimum Gasteiger partial charge on any atom is -0.361 e. The Hall–Kier alpha value is -1.89.